The summed E-state index contributed by atoms with van der Waals surface area (Å²) in [5.41, 5.74) is -0.199. The van der Waals surface area contributed by atoms with E-state index in [-0.39, 0.29) is 17.8 Å². The molecule has 2 N–H and O–H groups in total. The van der Waals surface area contributed by atoms with Crippen molar-refractivity contribution < 1.29 is 14.8 Å². The van der Waals surface area contributed by atoms with Crippen molar-refractivity contribution >= 4 is 11.6 Å². The molecule has 122 valence electrons. The van der Waals surface area contributed by atoms with Gasteiger partial charge in [-0.25, -0.2) is 0 Å². The molecule has 6 nitrogen and oxygen atoms in total. The monoisotopic (exact) mass is 308 g/mol. The Morgan fingerprint density at radius 1 is 1.45 bits per heavy atom. The van der Waals surface area contributed by atoms with Crippen molar-refractivity contribution in [1.29, 1.82) is 0 Å². The quantitative estimate of drug-likeness (QED) is 0.598. The minimum atomic E-state index is -0.992. The third kappa shape index (κ3) is 5.44. The number of carbonyl (C=O) groups is 1. The molecule has 0 radical (unpaired) electrons. The van der Waals surface area contributed by atoms with Crippen LogP contribution >= 0.6 is 0 Å². The fourth-order valence-electron chi connectivity index (χ4n) is 2.02. The molecule has 0 aromatic heterocycles. The van der Waals surface area contributed by atoms with Crippen molar-refractivity contribution in [1.82, 2.24) is 5.32 Å². The lowest BCUT2D eigenvalue weighted by molar-refractivity contribution is -0.384. The molecule has 0 aliphatic carbocycles. The summed E-state index contributed by atoms with van der Waals surface area (Å²) in [6, 6.07) is 4.17. The van der Waals surface area contributed by atoms with Crippen LogP contribution < -0.4 is 5.32 Å². The highest BCUT2D eigenvalue weighted by Gasteiger charge is 2.22. The molecule has 1 atom stereocenters. The molecule has 1 unspecified atom stereocenters. The van der Waals surface area contributed by atoms with Crippen LogP contribution in [-0.2, 0) is 0 Å². The SMILES string of the molecule is Cc1ccc([N+](=O)[O-])cc1C(=O)NCC(C)(O)CCC(C)C. The molecule has 1 rings (SSSR count). The smallest absolute Gasteiger partial charge is 0.270 e. The van der Waals surface area contributed by atoms with Crippen LogP contribution in [0.1, 0.15) is 49.5 Å². The van der Waals surface area contributed by atoms with Gasteiger partial charge < -0.3 is 10.4 Å². The number of aliphatic hydroxyl groups is 1. The molecule has 0 heterocycles. The van der Waals surface area contributed by atoms with Gasteiger partial charge in [0.25, 0.3) is 11.6 Å². The molecule has 0 spiro atoms. The first-order valence-corrected chi connectivity index (χ1v) is 7.38. The van der Waals surface area contributed by atoms with E-state index in [1.54, 1.807) is 19.9 Å². The molecule has 1 aromatic carbocycles. The fourth-order valence-corrected chi connectivity index (χ4v) is 2.02. The van der Waals surface area contributed by atoms with E-state index in [4.69, 9.17) is 0 Å². The molecule has 0 saturated carbocycles. The number of rotatable bonds is 7. The van der Waals surface area contributed by atoms with E-state index in [9.17, 15) is 20.0 Å². The van der Waals surface area contributed by atoms with Crippen molar-refractivity contribution in [2.24, 2.45) is 5.92 Å². The predicted octanol–water partition coefficient (Wildman–Crippen LogP) is 2.82. The number of aryl methyl sites for hydroxylation is 1. The fraction of sp³-hybridized carbons (Fsp3) is 0.562. The number of benzene rings is 1. The summed E-state index contributed by atoms with van der Waals surface area (Å²) in [4.78, 5) is 22.4. The van der Waals surface area contributed by atoms with Crippen molar-refractivity contribution in [3.8, 4) is 0 Å². The molecule has 0 aliphatic rings. The van der Waals surface area contributed by atoms with Crippen molar-refractivity contribution in [3.05, 3.63) is 39.4 Å². The summed E-state index contributed by atoms with van der Waals surface area (Å²) in [5.74, 6) is 0.0622. The highest BCUT2D eigenvalue weighted by molar-refractivity contribution is 5.96. The Morgan fingerprint density at radius 2 is 2.09 bits per heavy atom. The van der Waals surface area contributed by atoms with Crippen LogP contribution in [0, 0.1) is 23.0 Å². The largest absolute Gasteiger partial charge is 0.388 e. The first kappa shape index (κ1) is 18.1. The van der Waals surface area contributed by atoms with Crippen LogP contribution in [0.25, 0.3) is 0 Å². The minimum Gasteiger partial charge on any atom is -0.388 e. The molecule has 22 heavy (non-hydrogen) atoms. The molecular formula is C16H24N2O4. The average molecular weight is 308 g/mol. The third-order valence-electron chi connectivity index (χ3n) is 3.57. The Balaban J connectivity index is 2.73. The van der Waals surface area contributed by atoms with Gasteiger partial charge in [0.15, 0.2) is 0 Å². The number of nitrogens with zero attached hydrogens (tertiary/aromatic N) is 1. The predicted molar refractivity (Wildman–Crippen MR) is 84.9 cm³/mol. The standard InChI is InChI=1S/C16H24N2O4/c1-11(2)7-8-16(4,20)10-17-15(19)14-9-13(18(21)22)6-5-12(14)3/h5-6,9,11,20H,7-8,10H2,1-4H3,(H,17,19). The Hall–Kier alpha value is -1.95. The summed E-state index contributed by atoms with van der Waals surface area (Å²) in [6.07, 6.45) is 1.44. The molecule has 1 aromatic rings. The van der Waals surface area contributed by atoms with Crippen LogP contribution in [-0.4, -0.2) is 28.1 Å². The number of nitro groups is 1. The zero-order chi connectivity index (χ0) is 16.9. The van der Waals surface area contributed by atoms with Crippen molar-refractivity contribution in [2.45, 2.75) is 46.1 Å². The number of hydrogen-bond acceptors (Lipinski definition) is 4. The number of nitrogens with one attached hydrogen (secondary N) is 1. The highest BCUT2D eigenvalue weighted by atomic mass is 16.6. The van der Waals surface area contributed by atoms with Crippen LogP contribution in [0.5, 0.6) is 0 Å². The summed E-state index contributed by atoms with van der Waals surface area (Å²) in [6.45, 7) is 7.65. The van der Waals surface area contributed by atoms with E-state index < -0.39 is 16.4 Å². The third-order valence-corrected chi connectivity index (χ3v) is 3.57. The summed E-state index contributed by atoms with van der Waals surface area (Å²) >= 11 is 0. The van der Waals surface area contributed by atoms with E-state index in [0.717, 1.165) is 6.42 Å². The van der Waals surface area contributed by atoms with E-state index in [0.29, 0.717) is 17.9 Å². The van der Waals surface area contributed by atoms with Crippen LogP contribution in [0.2, 0.25) is 0 Å². The first-order chi connectivity index (χ1) is 10.1. The highest BCUT2D eigenvalue weighted by Crippen LogP contribution is 2.18. The lowest BCUT2D eigenvalue weighted by atomic mass is 9.95. The van der Waals surface area contributed by atoms with Gasteiger partial charge in [-0.2, -0.15) is 0 Å². The van der Waals surface area contributed by atoms with Gasteiger partial charge in [0.2, 0.25) is 0 Å². The number of non-ortho nitro benzene ring substituents is 1. The molecular weight excluding hydrogens is 284 g/mol. The Bertz CT molecular complexity index is 553. The summed E-state index contributed by atoms with van der Waals surface area (Å²) in [5, 5.41) is 23.7. The summed E-state index contributed by atoms with van der Waals surface area (Å²) < 4.78 is 0. The van der Waals surface area contributed by atoms with Gasteiger partial charge in [0.05, 0.1) is 10.5 Å². The van der Waals surface area contributed by atoms with Gasteiger partial charge in [-0.05, 0) is 38.2 Å². The zero-order valence-electron chi connectivity index (χ0n) is 13.5. The average Bonchev–Trinajstić information content (AvgIpc) is 2.43. The first-order valence-electron chi connectivity index (χ1n) is 7.38. The maximum atomic E-state index is 12.2. The van der Waals surface area contributed by atoms with Gasteiger partial charge in [-0.1, -0.05) is 19.9 Å². The lowest BCUT2D eigenvalue weighted by Gasteiger charge is -2.24. The maximum Gasteiger partial charge on any atom is 0.270 e. The van der Waals surface area contributed by atoms with Crippen LogP contribution in [0.15, 0.2) is 18.2 Å². The second-order valence-corrected chi connectivity index (χ2v) is 6.37. The van der Waals surface area contributed by atoms with E-state index in [2.05, 4.69) is 19.2 Å². The van der Waals surface area contributed by atoms with E-state index >= 15 is 0 Å². The Morgan fingerprint density at radius 3 is 2.64 bits per heavy atom. The van der Waals surface area contributed by atoms with Crippen molar-refractivity contribution in [2.75, 3.05) is 6.54 Å². The van der Waals surface area contributed by atoms with Gasteiger partial charge >= 0.3 is 0 Å². The van der Waals surface area contributed by atoms with Crippen LogP contribution in [0.3, 0.4) is 0 Å². The second kappa shape index (κ2) is 7.35. The number of nitro benzene ring substituents is 1. The van der Waals surface area contributed by atoms with Gasteiger partial charge in [-0.15, -0.1) is 0 Å². The number of amides is 1. The number of carbonyl (C=O) groups excluding carboxylic acids is 1. The van der Waals surface area contributed by atoms with Gasteiger partial charge in [-0.3, -0.25) is 14.9 Å². The topological polar surface area (TPSA) is 92.5 Å². The molecule has 0 bridgehead atoms. The molecule has 1 amide bonds. The van der Waals surface area contributed by atoms with Gasteiger partial charge in [0, 0.05) is 24.2 Å². The molecule has 0 aliphatic heterocycles. The van der Waals surface area contributed by atoms with E-state index in [1.807, 2.05) is 0 Å². The van der Waals surface area contributed by atoms with Gasteiger partial charge in [0.1, 0.15) is 0 Å². The van der Waals surface area contributed by atoms with Crippen molar-refractivity contribution in [3.63, 3.8) is 0 Å². The minimum absolute atomic E-state index is 0.112. The van der Waals surface area contributed by atoms with Crippen LogP contribution in [0.4, 0.5) is 5.69 Å². The number of hydrogen-bond donors (Lipinski definition) is 2. The summed E-state index contributed by atoms with van der Waals surface area (Å²) in [7, 11) is 0. The zero-order valence-corrected chi connectivity index (χ0v) is 13.5. The van der Waals surface area contributed by atoms with E-state index in [1.165, 1.54) is 12.1 Å². The Labute approximate surface area is 130 Å². The normalized spacial score (nSPS) is 13.7. The Kier molecular flexibility index (Phi) is 6.05. The lowest BCUT2D eigenvalue weighted by Crippen LogP contribution is -2.41. The maximum absolute atomic E-state index is 12.2. The molecule has 0 fully saturated rings. The molecule has 6 heteroatoms. The molecule has 0 saturated heterocycles. The second-order valence-electron chi connectivity index (χ2n) is 6.37.